The van der Waals surface area contributed by atoms with Gasteiger partial charge < -0.3 is 4.74 Å². The van der Waals surface area contributed by atoms with Gasteiger partial charge in [0.2, 0.25) is 0 Å². The fourth-order valence-electron chi connectivity index (χ4n) is 4.34. The molecule has 0 amide bonds. The van der Waals surface area contributed by atoms with Crippen LogP contribution in [-0.2, 0) is 14.9 Å². The molecule has 2 rings (SSSR count). The fraction of sp³-hybridized carbons (Fsp3) is 0.682. The van der Waals surface area contributed by atoms with Crippen molar-refractivity contribution in [1.29, 1.82) is 0 Å². The summed E-state index contributed by atoms with van der Waals surface area (Å²) in [5.41, 5.74) is 0.803. The molecule has 0 aromatic heterocycles. The zero-order valence-corrected chi connectivity index (χ0v) is 16.8. The molecule has 0 radical (unpaired) electrons. The average Bonchev–Trinajstić information content (AvgIpc) is 2.88. The van der Waals surface area contributed by atoms with Gasteiger partial charge in [-0.3, -0.25) is 9.69 Å². The molecule has 3 nitrogen and oxygen atoms in total. The van der Waals surface area contributed by atoms with Gasteiger partial charge in [-0.2, -0.15) is 0 Å². The Morgan fingerprint density at radius 3 is 2.16 bits per heavy atom. The van der Waals surface area contributed by atoms with Crippen LogP contribution in [0.1, 0.15) is 66.4 Å². The highest BCUT2D eigenvalue weighted by Gasteiger charge is 2.50. The second kappa shape index (κ2) is 7.90. The van der Waals surface area contributed by atoms with E-state index < -0.39 is 5.41 Å². The molecule has 1 aromatic rings. The molecule has 1 aliphatic carbocycles. The first kappa shape index (κ1) is 20.0. The van der Waals surface area contributed by atoms with Crippen LogP contribution in [-0.4, -0.2) is 36.1 Å². The first-order chi connectivity index (χ1) is 11.7. The minimum Gasteiger partial charge on any atom is -0.464 e. The van der Waals surface area contributed by atoms with Gasteiger partial charge in [-0.15, -0.1) is 0 Å². The molecule has 0 saturated heterocycles. The number of hydrogen-bond donors (Lipinski definition) is 0. The largest absolute Gasteiger partial charge is 0.464 e. The van der Waals surface area contributed by atoms with Crippen LogP contribution < -0.4 is 0 Å². The summed E-state index contributed by atoms with van der Waals surface area (Å²) in [7, 11) is 0. The maximum Gasteiger partial charge on any atom is 0.316 e. The molecule has 1 unspecified atom stereocenters. The summed E-state index contributed by atoms with van der Waals surface area (Å²) < 4.78 is 5.83. The Morgan fingerprint density at radius 2 is 1.68 bits per heavy atom. The molecule has 1 saturated carbocycles. The Hall–Kier alpha value is -1.35. The quantitative estimate of drug-likeness (QED) is 0.665. The molecule has 3 heteroatoms. The number of esters is 1. The Morgan fingerprint density at radius 1 is 1.08 bits per heavy atom. The van der Waals surface area contributed by atoms with Crippen LogP contribution in [0.3, 0.4) is 0 Å². The van der Waals surface area contributed by atoms with Crippen molar-refractivity contribution in [3.05, 3.63) is 35.9 Å². The fourth-order valence-corrected chi connectivity index (χ4v) is 4.34. The Labute approximate surface area is 153 Å². The summed E-state index contributed by atoms with van der Waals surface area (Å²) in [4.78, 5) is 15.5. The molecular weight excluding hydrogens is 310 g/mol. The van der Waals surface area contributed by atoms with Crippen LogP contribution in [0.2, 0.25) is 0 Å². The van der Waals surface area contributed by atoms with Gasteiger partial charge in [-0.1, -0.05) is 44.2 Å². The third kappa shape index (κ3) is 4.63. The normalized spacial score (nSPS) is 22.8. The summed E-state index contributed by atoms with van der Waals surface area (Å²) in [5.74, 6) is -0.0447. The zero-order chi connectivity index (χ0) is 18.7. The number of rotatable bonds is 7. The van der Waals surface area contributed by atoms with Gasteiger partial charge in [0.1, 0.15) is 6.61 Å². The van der Waals surface area contributed by atoms with E-state index in [1.165, 1.54) is 0 Å². The highest BCUT2D eigenvalue weighted by atomic mass is 16.5. The smallest absolute Gasteiger partial charge is 0.316 e. The summed E-state index contributed by atoms with van der Waals surface area (Å²) in [6.45, 7) is 14.5. The van der Waals surface area contributed by atoms with E-state index in [0.717, 1.165) is 31.4 Å². The molecule has 0 bridgehead atoms. The van der Waals surface area contributed by atoms with Crippen molar-refractivity contribution in [2.75, 3.05) is 13.2 Å². The number of hydrogen-bond acceptors (Lipinski definition) is 3. The predicted molar refractivity (Wildman–Crippen MR) is 104 cm³/mol. The second-order valence-electron chi connectivity index (χ2n) is 8.85. The summed E-state index contributed by atoms with van der Waals surface area (Å²) in [5, 5.41) is 0. The molecule has 0 spiro atoms. The van der Waals surface area contributed by atoms with E-state index in [9.17, 15) is 4.79 Å². The van der Waals surface area contributed by atoms with E-state index in [1.807, 2.05) is 18.2 Å². The van der Waals surface area contributed by atoms with Crippen molar-refractivity contribution in [2.45, 2.75) is 78.3 Å². The van der Waals surface area contributed by atoms with Crippen molar-refractivity contribution in [3.63, 3.8) is 0 Å². The van der Waals surface area contributed by atoms with Crippen LogP contribution in [0.25, 0.3) is 0 Å². The molecule has 0 heterocycles. The van der Waals surface area contributed by atoms with Gasteiger partial charge in [0, 0.05) is 18.6 Å². The number of ether oxygens (including phenoxy) is 1. The second-order valence-corrected chi connectivity index (χ2v) is 8.85. The molecule has 0 aliphatic heterocycles. The standard InChI is InChI=1S/C22H35NO2/c1-17(2)23(18(3)4)14-15-25-20(24)22(13-12-21(5,6)16-22)19-10-8-7-9-11-19/h7-11,17-18H,12-16H2,1-6H3. The van der Waals surface area contributed by atoms with Gasteiger partial charge in [0.15, 0.2) is 0 Å². The molecular formula is C22H35NO2. The lowest BCUT2D eigenvalue weighted by atomic mass is 9.76. The first-order valence-corrected chi connectivity index (χ1v) is 9.66. The van der Waals surface area contributed by atoms with Gasteiger partial charge in [-0.05, 0) is 57.9 Å². The third-order valence-electron chi connectivity index (χ3n) is 5.64. The highest BCUT2D eigenvalue weighted by molar-refractivity contribution is 5.84. The van der Waals surface area contributed by atoms with Crippen molar-refractivity contribution >= 4 is 5.97 Å². The number of benzene rings is 1. The Kier molecular flexibility index (Phi) is 6.31. The van der Waals surface area contributed by atoms with Crippen LogP contribution >= 0.6 is 0 Å². The van der Waals surface area contributed by atoms with E-state index in [4.69, 9.17) is 4.74 Å². The van der Waals surface area contributed by atoms with Gasteiger partial charge in [0.25, 0.3) is 0 Å². The summed E-state index contributed by atoms with van der Waals surface area (Å²) >= 11 is 0. The van der Waals surface area contributed by atoms with Gasteiger partial charge in [0.05, 0.1) is 5.41 Å². The van der Waals surface area contributed by atoms with E-state index >= 15 is 0 Å². The SMILES string of the molecule is CC(C)N(CCOC(=O)C1(c2ccccc2)CCC(C)(C)C1)C(C)C. The molecule has 1 atom stereocenters. The van der Waals surface area contributed by atoms with E-state index in [2.05, 4.69) is 58.6 Å². The molecule has 1 aliphatic rings. The summed E-state index contributed by atoms with van der Waals surface area (Å²) in [6.07, 6.45) is 2.79. The van der Waals surface area contributed by atoms with E-state index in [-0.39, 0.29) is 11.4 Å². The number of carbonyl (C=O) groups is 1. The minimum absolute atomic E-state index is 0.0447. The Bertz CT molecular complexity index is 557. The zero-order valence-electron chi connectivity index (χ0n) is 16.8. The molecule has 1 aromatic carbocycles. The molecule has 140 valence electrons. The average molecular weight is 346 g/mol. The van der Waals surface area contributed by atoms with Crippen molar-refractivity contribution in [2.24, 2.45) is 5.41 Å². The Balaban J connectivity index is 2.10. The number of nitrogens with zero attached hydrogens (tertiary/aromatic N) is 1. The van der Waals surface area contributed by atoms with Gasteiger partial charge in [-0.25, -0.2) is 0 Å². The lowest BCUT2D eigenvalue weighted by molar-refractivity contribution is -0.151. The topological polar surface area (TPSA) is 29.5 Å². The minimum atomic E-state index is -0.481. The lowest BCUT2D eigenvalue weighted by Crippen LogP contribution is -2.41. The maximum atomic E-state index is 13.1. The van der Waals surface area contributed by atoms with E-state index in [0.29, 0.717) is 18.7 Å². The van der Waals surface area contributed by atoms with Crippen LogP contribution in [0, 0.1) is 5.41 Å². The van der Waals surface area contributed by atoms with Crippen LogP contribution in [0.5, 0.6) is 0 Å². The monoisotopic (exact) mass is 345 g/mol. The maximum absolute atomic E-state index is 13.1. The molecule has 0 N–H and O–H groups in total. The first-order valence-electron chi connectivity index (χ1n) is 9.66. The third-order valence-corrected chi connectivity index (χ3v) is 5.64. The van der Waals surface area contributed by atoms with E-state index in [1.54, 1.807) is 0 Å². The highest BCUT2D eigenvalue weighted by Crippen LogP contribution is 2.51. The van der Waals surface area contributed by atoms with Crippen LogP contribution in [0.15, 0.2) is 30.3 Å². The van der Waals surface area contributed by atoms with Crippen molar-refractivity contribution in [3.8, 4) is 0 Å². The number of carbonyl (C=O) groups excluding carboxylic acids is 1. The van der Waals surface area contributed by atoms with Crippen molar-refractivity contribution in [1.82, 2.24) is 4.90 Å². The summed E-state index contributed by atoms with van der Waals surface area (Å²) in [6, 6.07) is 11.1. The molecule has 1 fully saturated rings. The predicted octanol–water partition coefficient (Wildman–Crippen LogP) is 4.80. The van der Waals surface area contributed by atoms with Crippen molar-refractivity contribution < 1.29 is 9.53 Å². The van der Waals surface area contributed by atoms with Crippen LogP contribution in [0.4, 0.5) is 0 Å². The lowest BCUT2D eigenvalue weighted by Gasteiger charge is -2.32. The molecule has 25 heavy (non-hydrogen) atoms. The van der Waals surface area contributed by atoms with Gasteiger partial charge >= 0.3 is 5.97 Å².